The summed E-state index contributed by atoms with van der Waals surface area (Å²) < 4.78 is 29.6. The van der Waals surface area contributed by atoms with E-state index in [4.69, 9.17) is 4.28 Å². The van der Waals surface area contributed by atoms with Gasteiger partial charge < -0.3 is 0 Å². The van der Waals surface area contributed by atoms with E-state index >= 15 is 0 Å². The van der Waals surface area contributed by atoms with E-state index in [1.165, 1.54) is 69.9 Å². The number of oxime groups is 1. The summed E-state index contributed by atoms with van der Waals surface area (Å²) in [4.78, 5) is 0.0263. The number of unbranched alkanes of at least 4 members (excludes halogenated alkanes) is 9. The van der Waals surface area contributed by atoms with Crippen molar-refractivity contribution in [3.05, 3.63) is 65.7 Å². The minimum atomic E-state index is -4.07. The SMILES string of the molecule is CCCCCCCCCCCCc1ccc(S(=O)(=O)ON=C(C#N)c2ccccc2)cc1. The normalized spacial score (nSPS) is 11.8. The van der Waals surface area contributed by atoms with Gasteiger partial charge >= 0.3 is 10.1 Å². The number of rotatable bonds is 15. The zero-order chi connectivity index (χ0) is 23.1. The van der Waals surface area contributed by atoms with Crippen LogP contribution in [0, 0.1) is 11.3 Å². The lowest BCUT2D eigenvalue weighted by molar-refractivity contribution is 0.339. The third-order valence-corrected chi connectivity index (χ3v) is 6.53. The Kier molecular flexibility index (Phi) is 11.5. The lowest BCUT2D eigenvalue weighted by atomic mass is 10.0. The molecule has 0 aliphatic rings. The minimum absolute atomic E-state index is 0.0263. The summed E-state index contributed by atoms with van der Waals surface area (Å²) in [5, 5.41) is 12.8. The second-order valence-electron chi connectivity index (χ2n) is 8.02. The fourth-order valence-corrected chi connectivity index (χ4v) is 4.23. The van der Waals surface area contributed by atoms with Crippen LogP contribution in [-0.2, 0) is 20.8 Å². The van der Waals surface area contributed by atoms with Crippen molar-refractivity contribution in [3.8, 4) is 6.07 Å². The van der Waals surface area contributed by atoms with Crippen LogP contribution in [-0.4, -0.2) is 14.1 Å². The maximum atomic E-state index is 12.4. The highest BCUT2D eigenvalue weighted by atomic mass is 32.2. The van der Waals surface area contributed by atoms with Crippen molar-refractivity contribution in [1.82, 2.24) is 0 Å². The van der Waals surface area contributed by atoms with Gasteiger partial charge in [0.25, 0.3) is 0 Å². The molecular weight excluding hydrogens is 420 g/mol. The van der Waals surface area contributed by atoms with Gasteiger partial charge in [-0.15, -0.1) is 0 Å². The third kappa shape index (κ3) is 9.23. The molecule has 0 fully saturated rings. The maximum absolute atomic E-state index is 12.4. The van der Waals surface area contributed by atoms with Gasteiger partial charge in [-0.1, -0.05) is 112 Å². The highest BCUT2D eigenvalue weighted by Gasteiger charge is 2.16. The van der Waals surface area contributed by atoms with E-state index in [1.54, 1.807) is 30.3 Å². The molecule has 0 saturated heterocycles. The first-order chi connectivity index (χ1) is 15.6. The zero-order valence-electron chi connectivity index (χ0n) is 19.0. The molecule has 2 aromatic carbocycles. The molecule has 0 aromatic heterocycles. The van der Waals surface area contributed by atoms with Gasteiger partial charge in [-0.25, -0.2) is 0 Å². The number of benzene rings is 2. The Bertz CT molecular complexity index is 962. The maximum Gasteiger partial charge on any atom is 0.358 e. The molecule has 0 radical (unpaired) electrons. The molecule has 0 heterocycles. The molecule has 0 amide bonds. The lowest BCUT2D eigenvalue weighted by Crippen LogP contribution is -2.06. The van der Waals surface area contributed by atoms with Crippen LogP contribution in [0.5, 0.6) is 0 Å². The quantitative estimate of drug-likeness (QED) is 0.169. The van der Waals surface area contributed by atoms with Crippen molar-refractivity contribution in [2.75, 3.05) is 0 Å². The minimum Gasteiger partial charge on any atom is -0.263 e. The fourth-order valence-electron chi connectivity index (χ4n) is 3.50. The zero-order valence-corrected chi connectivity index (χ0v) is 19.8. The summed E-state index contributed by atoms with van der Waals surface area (Å²) in [5.41, 5.74) is 1.51. The van der Waals surface area contributed by atoms with Crippen molar-refractivity contribution in [2.24, 2.45) is 5.16 Å². The molecule has 0 atom stereocenters. The number of nitriles is 1. The summed E-state index contributed by atoms with van der Waals surface area (Å²) in [6, 6.07) is 17.2. The van der Waals surface area contributed by atoms with E-state index in [-0.39, 0.29) is 10.6 Å². The molecular formula is C26H34N2O3S. The van der Waals surface area contributed by atoms with Crippen LogP contribution in [0.1, 0.15) is 82.3 Å². The monoisotopic (exact) mass is 454 g/mol. The molecule has 2 aromatic rings. The highest BCUT2D eigenvalue weighted by Crippen LogP contribution is 2.17. The molecule has 0 N–H and O–H groups in total. The van der Waals surface area contributed by atoms with Gasteiger partial charge in [-0.2, -0.15) is 13.7 Å². The summed E-state index contributed by atoms with van der Waals surface area (Å²) in [6.07, 6.45) is 13.9. The van der Waals surface area contributed by atoms with E-state index in [2.05, 4.69) is 12.1 Å². The van der Waals surface area contributed by atoms with Gasteiger partial charge in [0.05, 0.1) is 0 Å². The predicted molar refractivity (Wildman–Crippen MR) is 129 cm³/mol. The van der Waals surface area contributed by atoms with Crippen LogP contribution >= 0.6 is 0 Å². The number of hydrogen-bond acceptors (Lipinski definition) is 5. The van der Waals surface area contributed by atoms with E-state index in [0.717, 1.165) is 18.4 Å². The Morgan fingerprint density at radius 1 is 0.844 bits per heavy atom. The van der Waals surface area contributed by atoms with Gasteiger partial charge in [0.2, 0.25) is 0 Å². The number of aryl methyl sites for hydroxylation is 1. The highest BCUT2D eigenvalue weighted by molar-refractivity contribution is 7.86. The molecule has 32 heavy (non-hydrogen) atoms. The summed E-state index contributed by atoms with van der Waals surface area (Å²) in [7, 11) is -4.07. The first kappa shape index (κ1) is 25.6. The Labute approximate surface area is 193 Å². The molecule has 5 nitrogen and oxygen atoms in total. The Morgan fingerprint density at radius 2 is 1.41 bits per heavy atom. The molecule has 0 unspecified atom stereocenters. The standard InChI is InChI=1S/C26H34N2O3S/c1-2-3-4-5-6-7-8-9-10-12-15-23-18-20-25(21-19-23)32(29,30)31-28-26(22-27)24-16-13-11-14-17-24/h11,13-14,16-21H,2-10,12,15H2,1H3. The van der Waals surface area contributed by atoms with Crippen molar-refractivity contribution >= 4 is 15.8 Å². The molecule has 6 heteroatoms. The van der Waals surface area contributed by atoms with Gasteiger partial charge in [0.1, 0.15) is 11.0 Å². The second-order valence-corrected chi connectivity index (χ2v) is 9.55. The molecule has 0 spiro atoms. The van der Waals surface area contributed by atoms with Crippen LogP contribution < -0.4 is 0 Å². The molecule has 2 rings (SSSR count). The van der Waals surface area contributed by atoms with Crippen molar-refractivity contribution in [1.29, 1.82) is 5.26 Å². The lowest BCUT2D eigenvalue weighted by Gasteiger charge is -2.05. The Hall–Kier alpha value is -2.65. The molecule has 0 aliphatic carbocycles. The molecule has 0 aliphatic heterocycles. The topological polar surface area (TPSA) is 79.5 Å². The molecule has 172 valence electrons. The van der Waals surface area contributed by atoms with Crippen LogP contribution in [0.4, 0.5) is 0 Å². The van der Waals surface area contributed by atoms with Gasteiger partial charge in [0, 0.05) is 5.56 Å². The second kappa shape index (κ2) is 14.4. The summed E-state index contributed by atoms with van der Waals surface area (Å²) in [5.74, 6) is 0. The van der Waals surface area contributed by atoms with E-state index in [0.29, 0.717) is 5.56 Å². The van der Waals surface area contributed by atoms with E-state index < -0.39 is 10.1 Å². The van der Waals surface area contributed by atoms with Gasteiger partial charge in [0.15, 0.2) is 5.71 Å². The van der Waals surface area contributed by atoms with Crippen LogP contribution in [0.2, 0.25) is 0 Å². The van der Waals surface area contributed by atoms with E-state index in [1.807, 2.05) is 18.2 Å². The smallest absolute Gasteiger partial charge is 0.263 e. The number of nitrogens with zero attached hydrogens (tertiary/aromatic N) is 2. The van der Waals surface area contributed by atoms with Crippen molar-refractivity contribution < 1.29 is 12.7 Å². The Balaban J connectivity index is 1.75. The summed E-state index contributed by atoms with van der Waals surface area (Å²) >= 11 is 0. The van der Waals surface area contributed by atoms with Crippen LogP contribution in [0.25, 0.3) is 0 Å². The van der Waals surface area contributed by atoms with Crippen LogP contribution in [0.3, 0.4) is 0 Å². The van der Waals surface area contributed by atoms with Gasteiger partial charge in [-0.3, -0.25) is 4.28 Å². The molecule has 0 saturated carbocycles. The Morgan fingerprint density at radius 3 is 1.97 bits per heavy atom. The largest absolute Gasteiger partial charge is 0.358 e. The fraction of sp³-hybridized carbons (Fsp3) is 0.462. The first-order valence-corrected chi connectivity index (χ1v) is 13.0. The average molecular weight is 455 g/mol. The predicted octanol–water partition coefficient (Wildman–Crippen LogP) is 6.78. The number of hydrogen-bond donors (Lipinski definition) is 0. The van der Waals surface area contributed by atoms with Crippen molar-refractivity contribution in [2.45, 2.75) is 82.4 Å². The van der Waals surface area contributed by atoms with Crippen molar-refractivity contribution in [3.63, 3.8) is 0 Å². The third-order valence-electron chi connectivity index (χ3n) is 5.41. The van der Waals surface area contributed by atoms with Crippen LogP contribution in [0.15, 0.2) is 64.6 Å². The van der Waals surface area contributed by atoms with Gasteiger partial charge in [-0.05, 0) is 30.5 Å². The van der Waals surface area contributed by atoms with E-state index in [9.17, 15) is 13.7 Å². The average Bonchev–Trinajstić information content (AvgIpc) is 2.81. The molecule has 0 bridgehead atoms. The first-order valence-electron chi connectivity index (χ1n) is 11.6. The summed E-state index contributed by atoms with van der Waals surface area (Å²) in [6.45, 7) is 2.24.